The molecule has 0 aromatic heterocycles. The number of fused-ring (bicyclic) bond motifs is 1. The molecule has 98 valence electrons. The highest BCUT2D eigenvalue weighted by Crippen LogP contribution is 2.22. The summed E-state index contributed by atoms with van der Waals surface area (Å²) in [7, 11) is 2.27. The number of likely N-dealkylation sites (tertiary alicyclic amines) is 1. The lowest BCUT2D eigenvalue weighted by molar-refractivity contribution is -0.159. The van der Waals surface area contributed by atoms with E-state index >= 15 is 0 Å². The maximum Gasteiger partial charge on any atom is 0.414 e. The van der Waals surface area contributed by atoms with Gasteiger partial charge in [-0.2, -0.15) is 0 Å². The summed E-state index contributed by atoms with van der Waals surface area (Å²) in [6, 6.07) is 1.65. The summed E-state index contributed by atoms with van der Waals surface area (Å²) < 4.78 is 0. The molecular formula is C11H20N2O4. The van der Waals surface area contributed by atoms with E-state index in [0.717, 1.165) is 12.1 Å². The van der Waals surface area contributed by atoms with E-state index in [1.165, 1.54) is 38.8 Å². The Bertz CT molecular complexity index is 269. The van der Waals surface area contributed by atoms with Crippen molar-refractivity contribution in [2.45, 2.75) is 37.8 Å². The Labute approximate surface area is 101 Å². The van der Waals surface area contributed by atoms with Crippen LogP contribution in [0.15, 0.2) is 0 Å². The number of carboxylic acid groups (broad SMARTS) is 2. The standard InChI is InChI=1S/C9H18N2.C2H2O4/c1-11-7-3-4-8-9(11)5-2-6-10-8;3-1(4)2(5)6/h8-10H,2-7H2,1H3;(H,3,4)(H,5,6)/t8-,9-;/m0./s1. The highest BCUT2D eigenvalue weighted by atomic mass is 16.4. The largest absolute Gasteiger partial charge is 0.473 e. The van der Waals surface area contributed by atoms with Crippen molar-refractivity contribution in [3.05, 3.63) is 0 Å². The maximum atomic E-state index is 9.10. The monoisotopic (exact) mass is 244 g/mol. The third kappa shape index (κ3) is 4.32. The fraction of sp³-hybridized carbons (Fsp3) is 0.818. The van der Waals surface area contributed by atoms with E-state index in [1.807, 2.05) is 0 Å². The SMILES string of the molecule is CN1CCC[C@@H]2NCCC[C@@H]21.O=C(O)C(=O)O. The molecule has 0 unspecified atom stereocenters. The van der Waals surface area contributed by atoms with Crippen LogP contribution in [-0.2, 0) is 9.59 Å². The third-order valence-corrected chi connectivity index (χ3v) is 3.32. The molecule has 2 aliphatic heterocycles. The van der Waals surface area contributed by atoms with Crippen molar-refractivity contribution in [2.75, 3.05) is 20.1 Å². The van der Waals surface area contributed by atoms with E-state index < -0.39 is 11.9 Å². The average Bonchev–Trinajstić information content (AvgIpc) is 2.30. The van der Waals surface area contributed by atoms with Crippen LogP contribution in [0.4, 0.5) is 0 Å². The minimum absolute atomic E-state index is 0.808. The third-order valence-electron chi connectivity index (χ3n) is 3.32. The lowest BCUT2D eigenvalue weighted by atomic mass is 9.90. The highest BCUT2D eigenvalue weighted by Gasteiger charge is 2.30. The Balaban J connectivity index is 0.000000209. The molecule has 0 bridgehead atoms. The van der Waals surface area contributed by atoms with Crippen LogP contribution in [0.5, 0.6) is 0 Å². The van der Waals surface area contributed by atoms with Crippen LogP contribution in [0.1, 0.15) is 25.7 Å². The Hall–Kier alpha value is -1.14. The molecule has 6 nitrogen and oxygen atoms in total. The molecule has 2 saturated heterocycles. The van der Waals surface area contributed by atoms with Gasteiger partial charge in [-0.05, 0) is 45.8 Å². The van der Waals surface area contributed by atoms with E-state index in [-0.39, 0.29) is 0 Å². The van der Waals surface area contributed by atoms with Crippen LogP contribution >= 0.6 is 0 Å². The predicted octanol–water partition coefficient (Wildman–Crippen LogP) is -0.0118. The Morgan fingerprint density at radius 3 is 2.35 bits per heavy atom. The topological polar surface area (TPSA) is 89.9 Å². The van der Waals surface area contributed by atoms with Gasteiger partial charge in [-0.15, -0.1) is 0 Å². The van der Waals surface area contributed by atoms with Crippen LogP contribution in [0.2, 0.25) is 0 Å². The quantitative estimate of drug-likeness (QED) is 0.519. The summed E-state index contributed by atoms with van der Waals surface area (Å²) in [6.07, 6.45) is 5.55. The molecule has 2 atom stereocenters. The molecule has 0 aliphatic carbocycles. The van der Waals surface area contributed by atoms with Crippen molar-refractivity contribution in [2.24, 2.45) is 0 Å². The molecule has 0 aromatic carbocycles. The summed E-state index contributed by atoms with van der Waals surface area (Å²) in [5, 5.41) is 18.4. The molecule has 2 rings (SSSR count). The zero-order valence-electron chi connectivity index (χ0n) is 10.1. The number of hydrogen-bond acceptors (Lipinski definition) is 4. The average molecular weight is 244 g/mol. The van der Waals surface area contributed by atoms with Crippen LogP contribution in [0.3, 0.4) is 0 Å². The summed E-state index contributed by atoms with van der Waals surface area (Å²) in [4.78, 5) is 20.7. The summed E-state index contributed by atoms with van der Waals surface area (Å²) in [5.41, 5.74) is 0. The van der Waals surface area contributed by atoms with Gasteiger partial charge in [0.1, 0.15) is 0 Å². The summed E-state index contributed by atoms with van der Waals surface area (Å²) >= 11 is 0. The summed E-state index contributed by atoms with van der Waals surface area (Å²) in [6.45, 7) is 2.55. The fourth-order valence-electron chi connectivity index (χ4n) is 2.48. The first-order valence-electron chi connectivity index (χ1n) is 5.92. The highest BCUT2D eigenvalue weighted by molar-refractivity contribution is 6.27. The molecule has 0 radical (unpaired) electrons. The smallest absolute Gasteiger partial charge is 0.414 e. The van der Waals surface area contributed by atoms with Crippen LogP contribution in [0.25, 0.3) is 0 Å². The molecule has 0 aromatic rings. The van der Waals surface area contributed by atoms with Gasteiger partial charge in [-0.25, -0.2) is 9.59 Å². The van der Waals surface area contributed by atoms with Crippen molar-refractivity contribution in [3.63, 3.8) is 0 Å². The minimum atomic E-state index is -1.82. The zero-order valence-corrected chi connectivity index (χ0v) is 10.1. The van der Waals surface area contributed by atoms with Gasteiger partial charge in [-0.1, -0.05) is 0 Å². The number of hydrogen-bond donors (Lipinski definition) is 3. The van der Waals surface area contributed by atoms with E-state index in [0.29, 0.717) is 0 Å². The number of aliphatic carboxylic acids is 2. The number of piperidine rings is 2. The molecule has 6 heteroatoms. The van der Waals surface area contributed by atoms with Gasteiger partial charge in [0.05, 0.1) is 0 Å². The number of nitrogens with zero attached hydrogens (tertiary/aromatic N) is 1. The predicted molar refractivity (Wildman–Crippen MR) is 61.9 cm³/mol. The van der Waals surface area contributed by atoms with Gasteiger partial charge in [0.2, 0.25) is 0 Å². The van der Waals surface area contributed by atoms with E-state index in [9.17, 15) is 0 Å². The minimum Gasteiger partial charge on any atom is -0.473 e. The second kappa shape index (κ2) is 6.56. The molecule has 2 fully saturated rings. The lowest BCUT2D eigenvalue weighted by Gasteiger charge is -2.42. The Kier molecular flexibility index (Phi) is 5.37. The van der Waals surface area contributed by atoms with Gasteiger partial charge in [0.15, 0.2) is 0 Å². The normalized spacial score (nSPS) is 28.5. The molecule has 0 spiro atoms. The molecule has 3 N–H and O–H groups in total. The first-order chi connectivity index (χ1) is 8.02. The van der Waals surface area contributed by atoms with Crippen LogP contribution in [-0.4, -0.2) is 59.3 Å². The number of carbonyl (C=O) groups is 2. The van der Waals surface area contributed by atoms with Crippen molar-refractivity contribution in [1.82, 2.24) is 10.2 Å². The Morgan fingerprint density at radius 1 is 1.18 bits per heavy atom. The number of carboxylic acids is 2. The van der Waals surface area contributed by atoms with Crippen molar-refractivity contribution in [1.29, 1.82) is 0 Å². The first kappa shape index (κ1) is 13.9. The van der Waals surface area contributed by atoms with Gasteiger partial charge in [0, 0.05) is 12.1 Å². The number of nitrogens with one attached hydrogen (secondary N) is 1. The molecule has 17 heavy (non-hydrogen) atoms. The van der Waals surface area contributed by atoms with E-state index in [4.69, 9.17) is 19.8 Å². The second-order valence-corrected chi connectivity index (χ2v) is 4.50. The zero-order chi connectivity index (χ0) is 12.8. The Morgan fingerprint density at radius 2 is 1.82 bits per heavy atom. The van der Waals surface area contributed by atoms with Crippen LogP contribution < -0.4 is 5.32 Å². The van der Waals surface area contributed by atoms with Gasteiger partial charge >= 0.3 is 11.9 Å². The lowest BCUT2D eigenvalue weighted by Crippen LogP contribution is -2.55. The van der Waals surface area contributed by atoms with Gasteiger partial charge in [0.25, 0.3) is 0 Å². The van der Waals surface area contributed by atoms with Crippen LogP contribution in [0, 0.1) is 0 Å². The molecule has 0 amide bonds. The maximum absolute atomic E-state index is 9.10. The van der Waals surface area contributed by atoms with Crippen molar-refractivity contribution < 1.29 is 19.8 Å². The second-order valence-electron chi connectivity index (χ2n) is 4.50. The summed E-state index contributed by atoms with van der Waals surface area (Å²) in [5.74, 6) is -3.65. The molecule has 2 aliphatic rings. The van der Waals surface area contributed by atoms with Gasteiger partial charge < -0.3 is 20.4 Å². The van der Waals surface area contributed by atoms with Crippen molar-refractivity contribution >= 4 is 11.9 Å². The number of rotatable bonds is 0. The molecule has 0 saturated carbocycles. The van der Waals surface area contributed by atoms with Gasteiger partial charge in [-0.3, -0.25) is 0 Å². The van der Waals surface area contributed by atoms with Crippen molar-refractivity contribution in [3.8, 4) is 0 Å². The molecule has 2 heterocycles. The molecular weight excluding hydrogens is 224 g/mol. The fourth-order valence-corrected chi connectivity index (χ4v) is 2.48. The van der Waals surface area contributed by atoms with E-state index in [1.54, 1.807) is 0 Å². The number of likely N-dealkylation sites (N-methyl/N-ethyl adjacent to an activating group) is 1. The van der Waals surface area contributed by atoms with E-state index in [2.05, 4.69) is 17.3 Å². The first-order valence-corrected chi connectivity index (χ1v) is 5.92.